The number of hydrogen-bond donors (Lipinski definition) is 2. The first-order valence-electron chi connectivity index (χ1n) is 9.67. The van der Waals surface area contributed by atoms with Crippen molar-refractivity contribution in [2.24, 2.45) is 5.92 Å². The summed E-state index contributed by atoms with van der Waals surface area (Å²) in [5.74, 6) is -2.35. The average molecular weight is 437 g/mol. The Kier molecular flexibility index (Phi) is 5.82. The van der Waals surface area contributed by atoms with Gasteiger partial charge in [-0.05, 0) is 60.0 Å². The van der Waals surface area contributed by atoms with E-state index in [2.05, 4.69) is 10.6 Å². The molecule has 2 amide bonds. The largest absolute Gasteiger partial charge is 0.348 e. The topological polar surface area (TPSA) is 75.3 Å². The summed E-state index contributed by atoms with van der Waals surface area (Å²) in [5, 5.41) is 6.02. The van der Waals surface area contributed by atoms with Crippen LogP contribution in [-0.2, 0) is 17.8 Å². The van der Waals surface area contributed by atoms with Crippen LogP contribution >= 0.6 is 11.6 Å². The summed E-state index contributed by atoms with van der Waals surface area (Å²) < 4.78 is 13.0. The first-order valence-corrected chi connectivity index (χ1v) is 10.0. The molecule has 7 heteroatoms. The highest BCUT2D eigenvalue weighted by atomic mass is 35.5. The summed E-state index contributed by atoms with van der Waals surface area (Å²) in [4.78, 5) is 38.1. The predicted octanol–water partition coefficient (Wildman–Crippen LogP) is 4.40. The molecule has 0 spiro atoms. The standard InChI is InChI=1S/C24H18ClFN2O3/c25-17-3-1-2-15(10-17)11-20-22(29)19-12-16(6-9-21(19)28-24(20)31)23(30)27-13-14-4-7-18(26)8-5-14/h1-10,12,20H,11,13H2,(H,27,30)(H,28,31). The molecule has 0 saturated heterocycles. The van der Waals surface area contributed by atoms with Crippen LogP contribution in [0.25, 0.3) is 0 Å². The SMILES string of the molecule is O=C(NCc1ccc(F)cc1)c1ccc2c(c1)C(=O)C(Cc1cccc(Cl)c1)C(=O)N2. The minimum absolute atomic E-state index is 0.214. The molecule has 3 aromatic rings. The molecule has 1 atom stereocenters. The van der Waals surface area contributed by atoms with E-state index in [1.54, 1.807) is 48.5 Å². The van der Waals surface area contributed by atoms with Gasteiger partial charge in [0, 0.05) is 22.7 Å². The third kappa shape index (κ3) is 4.64. The molecule has 156 valence electrons. The van der Waals surface area contributed by atoms with Crippen LogP contribution in [0.3, 0.4) is 0 Å². The molecule has 2 N–H and O–H groups in total. The molecule has 3 aromatic carbocycles. The second-order valence-corrected chi connectivity index (χ2v) is 7.75. The van der Waals surface area contributed by atoms with Crippen LogP contribution < -0.4 is 10.6 Å². The van der Waals surface area contributed by atoms with E-state index in [4.69, 9.17) is 11.6 Å². The number of Topliss-reactive ketones (excluding diaryl/α,β-unsaturated/α-hetero) is 1. The van der Waals surface area contributed by atoms with E-state index in [1.165, 1.54) is 18.2 Å². The fourth-order valence-corrected chi connectivity index (χ4v) is 3.71. The first kappa shape index (κ1) is 20.8. The van der Waals surface area contributed by atoms with Crippen molar-refractivity contribution in [1.82, 2.24) is 5.32 Å². The van der Waals surface area contributed by atoms with Gasteiger partial charge < -0.3 is 10.6 Å². The number of hydrogen-bond acceptors (Lipinski definition) is 3. The smallest absolute Gasteiger partial charge is 0.251 e. The lowest BCUT2D eigenvalue weighted by molar-refractivity contribution is -0.118. The molecule has 31 heavy (non-hydrogen) atoms. The van der Waals surface area contributed by atoms with Crippen molar-refractivity contribution in [2.75, 3.05) is 5.32 Å². The summed E-state index contributed by atoms with van der Waals surface area (Å²) in [6, 6.07) is 17.4. The minimum Gasteiger partial charge on any atom is -0.348 e. The number of benzene rings is 3. The van der Waals surface area contributed by atoms with Crippen molar-refractivity contribution in [3.8, 4) is 0 Å². The molecule has 0 aromatic heterocycles. The predicted molar refractivity (Wildman–Crippen MR) is 116 cm³/mol. The maximum atomic E-state index is 13.0. The van der Waals surface area contributed by atoms with Crippen molar-refractivity contribution >= 4 is 34.9 Å². The van der Waals surface area contributed by atoms with Crippen LogP contribution in [0.1, 0.15) is 31.8 Å². The van der Waals surface area contributed by atoms with Crippen LogP contribution in [0, 0.1) is 11.7 Å². The van der Waals surface area contributed by atoms with Gasteiger partial charge in [-0.15, -0.1) is 0 Å². The monoisotopic (exact) mass is 436 g/mol. The molecule has 0 saturated carbocycles. The van der Waals surface area contributed by atoms with E-state index in [9.17, 15) is 18.8 Å². The van der Waals surface area contributed by atoms with E-state index < -0.39 is 5.92 Å². The van der Waals surface area contributed by atoms with Gasteiger partial charge in [0.1, 0.15) is 11.7 Å². The molecule has 0 fully saturated rings. The molecule has 1 heterocycles. The van der Waals surface area contributed by atoms with E-state index in [-0.39, 0.29) is 36.4 Å². The van der Waals surface area contributed by atoms with Gasteiger partial charge in [-0.2, -0.15) is 0 Å². The highest BCUT2D eigenvalue weighted by molar-refractivity contribution is 6.30. The number of ketones is 1. The van der Waals surface area contributed by atoms with Crippen LogP contribution in [-0.4, -0.2) is 17.6 Å². The Bertz CT molecular complexity index is 1180. The van der Waals surface area contributed by atoms with Crippen LogP contribution in [0.15, 0.2) is 66.7 Å². The second-order valence-electron chi connectivity index (χ2n) is 7.31. The lowest BCUT2D eigenvalue weighted by atomic mass is 9.86. The van der Waals surface area contributed by atoms with E-state index in [0.717, 1.165) is 11.1 Å². The number of nitrogens with one attached hydrogen (secondary N) is 2. The molecular formula is C24H18ClFN2O3. The average Bonchev–Trinajstić information content (AvgIpc) is 2.76. The van der Waals surface area contributed by atoms with Crippen molar-refractivity contribution in [1.29, 1.82) is 0 Å². The Morgan fingerprint density at radius 3 is 2.52 bits per heavy atom. The number of amides is 2. The highest BCUT2D eigenvalue weighted by Crippen LogP contribution is 2.29. The second kappa shape index (κ2) is 8.70. The maximum absolute atomic E-state index is 13.0. The van der Waals surface area contributed by atoms with Crippen molar-refractivity contribution in [3.63, 3.8) is 0 Å². The summed E-state index contributed by atoms with van der Waals surface area (Å²) in [6.45, 7) is 0.221. The third-order valence-corrected chi connectivity index (χ3v) is 5.37. The molecule has 1 unspecified atom stereocenters. The normalized spacial score (nSPS) is 15.2. The van der Waals surface area contributed by atoms with E-state index in [0.29, 0.717) is 21.8 Å². The number of halogens is 2. The zero-order chi connectivity index (χ0) is 22.0. The Morgan fingerprint density at radius 1 is 1.00 bits per heavy atom. The molecule has 0 aliphatic carbocycles. The summed E-state index contributed by atoms with van der Waals surface area (Å²) in [7, 11) is 0. The third-order valence-electron chi connectivity index (χ3n) is 5.13. The number of fused-ring (bicyclic) bond motifs is 1. The Morgan fingerprint density at radius 2 is 1.77 bits per heavy atom. The van der Waals surface area contributed by atoms with Crippen LogP contribution in [0.5, 0.6) is 0 Å². The number of anilines is 1. The van der Waals surface area contributed by atoms with Gasteiger partial charge in [-0.3, -0.25) is 14.4 Å². The van der Waals surface area contributed by atoms with Crippen molar-refractivity contribution < 1.29 is 18.8 Å². The van der Waals surface area contributed by atoms with Crippen molar-refractivity contribution in [3.05, 3.63) is 99.8 Å². The van der Waals surface area contributed by atoms with Crippen molar-refractivity contribution in [2.45, 2.75) is 13.0 Å². The molecule has 0 bridgehead atoms. The molecule has 5 nitrogen and oxygen atoms in total. The van der Waals surface area contributed by atoms with Gasteiger partial charge in [0.05, 0.1) is 5.69 Å². The Hall–Kier alpha value is -3.51. The summed E-state index contributed by atoms with van der Waals surface area (Å²) >= 11 is 6.01. The van der Waals surface area contributed by atoms with Gasteiger partial charge in [0.2, 0.25) is 5.91 Å². The van der Waals surface area contributed by atoms with Gasteiger partial charge in [0.25, 0.3) is 5.91 Å². The summed E-state index contributed by atoms with van der Waals surface area (Å²) in [5.41, 5.74) is 2.50. The Balaban J connectivity index is 1.51. The van der Waals surface area contributed by atoms with Gasteiger partial charge >= 0.3 is 0 Å². The van der Waals surface area contributed by atoms with Gasteiger partial charge in [-0.1, -0.05) is 35.9 Å². The van der Waals surface area contributed by atoms with Crippen LogP contribution in [0.2, 0.25) is 5.02 Å². The maximum Gasteiger partial charge on any atom is 0.251 e. The number of carbonyl (C=O) groups is 3. The van der Waals surface area contributed by atoms with Gasteiger partial charge in [-0.25, -0.2) is 4.39 Å². The zero-order valence-corrected chi connectivity index (χ0v) is 17.1. The molecule has 1 aliphatic heterocycles. The highest BCUT2D eigenvalue weighted by Gasteiger charge is 2.34. The minimum atomic E-state index is -0.900. The van der Waals surface area contributed by atoms with E-state index in [1.807, 2.05) is 0 Å². The Labute approximate surface area is 183 Å². The molecule has 0 radical (unpaired) electrons. The number of rotatable bonds is 5. The number of carbonyl (C=O) groups excluding carboxylic acids is 3. The first-order chi connectivity index (χ1) is 14.9. The quantitative estimate of drug-likeness (QED) is 0.582. The molecular weight excluding hydrogens is 419 g/mol. The summed E-state index contributed by atoms with van der Waals surface area (Å²) in [6.07, 6.45) is 0.214. The van der Waals surface area contributed by atoms with E-state index >= 15 is 0 Å². The fourth-order valence-electron chi connectivity index (χ4n) is 3.50. The van der Waals surface area contributed by atoms with Crippen LogP contribution in [0.4, 0.5) is 10.1 Å². The molecule has 1 aliphatic rings. The lowest BCUT2D eigenvalue weighted by Gasteiger charge is -2.24. The fraction of sp³-hybridized carbons (Fsp3) is 0.125. The lowest BCUT2D eigenvalue weighted by Crippen LogP contribution is -2.37. The zero-order valence-electron chi connectivity index (χ0n) is 16.3. The van der Waals surface area contributed by atoms with Gasteiger partial charge in [0.15, 0.2) is 5.78 Å². The molecule has 4 rings (SSSR count).